The lowest BCUT2D eigenvalue weighted by Crippen LogP contribution is -2.04. The fraction of sp³-hybridized carbons (Fsp3) is 0.424. The van der Waals surface area contributed by atoms with Crippen molar-refractivity contribution in [3.63, 3.8) is 0 Å². The van der Waals surface area contributed by atoms with Crippen molar-refractivity contribution in [1.82, 2.24) is 5.32 Å². The SMILES string of the molecule is CC(C)C.CC/C(C)=C(/C=C\C(OC(F)F)=C(/C)c1cc(C)cc(F)c1)Cc1ccc(CNC)cc1.O=CCO. The number of hydrogen-bond acceptors (Lipinski definition) is 4. The lowest BCUT2D eigenvalue weighted by molar-refractivity contribution is -0.110. The summed E-state index contributed by atoms with van der Waals surface area (Å²) in [5.41, 5.74) is 6.21. The van der Waals surface area contributed by atoms with Gasteiger partial charge in [-0.1, -0.05) is 69.7 Å². The third kappa shape index (κ3) is 16.1. The highest BCUT2D eigenvalue weighted by atomic mass is 19.3. The Labute approximate surface area is 238 Å². The molecular weight excluding hydrogens is 515 g/mol. The first-order valence-electron chi connectivity index (χ1n) is 13.4. The van der Waals surface area contributed by atoms with Gasteiger partial charge in [-0.2, -0.15) is 8.78 Å². The number of aliphatic hydroxyl groups excluding tert-OH is 1. The Balaban J connectivity index is 0.00000167. The molecule has 222 valence electrons. The van der Waals surface area contributed by atoms with Crippen molar-refractivity contribution in [2.75, 3.05) is 13.7 Å². The first kappa shape index (κ1) is 36.8. The standard InChI is InChI=1S/C27H32F3NO.C4H10.C2H4O2/c1-6-19(3)23(15-21-7-9-22(10-8-21)17-31-5)11-12-26(32-27(29)30)20(4)24-13-18(2)14-25(28)16-24;1-4(2)3;3-1-2-4/h7-14,16,27,31H,6,15,17H2,1-5H3;4H,1-3H3;1,4H,2H2/b12-11-,23-19-,26-20-;;. The third-order valence-corrected chi connectivity index (χ3v) is 5.45. The fourth-order valence-electron chi connectivity index (χ4n) is 3.40. The normalized spacial score (nSPS) is 12.2. The molecule has 0 radical (unpaired) electrons. The van der Waals surface area contributed by atoms with Gasteiger partial charge in [-0.25, -0.2) is 4.39 Å². The van der Waals surface area contributed by atoms with E-state index in [0.29, 0.717) is 29.4 Å². The number of halogens is 3. The topological polar surface area (TPSA) is 58.6 Å². The second kappa shape index (κ2) is 20.7. The van der Waals surface area contributed by atoms with Gasteiger partial charge in [0.1, 0.15) is 17.9 Å². The average Bonchev–Trinajstić information content (AvgIpc) is 2.89. The van der Waals surface area contributed by atoms with Gasteiger partial charge < -0.3 is 20.0 Å². The summed E-state index contributed by atoms with van der Waals surface area (Å²) < 4.78 is 44.9. The van der Waals surface area contributed by atoms with E-state index in [2.05, 4.69) is 57.3 Å². The molecule has 0 heterocycles. The molecule has 2 aromatic carbocycles. The number of hydrogen-bond donors (Lipinski definition) is 2. The van der Waals surface area contributed by atoms with Gasteiger partial charge in [0, 0.05) is 6.54 Å². The summed E-state index contributed by atoms with van der Waals surface area (Å²) in [6.45, 7) is 11.5. The molecule has 0 bridgehead atoms. The molecule has 0 atom stereocenters. The lowest BCUT2D eigenvalue weighted by atomic mass is 9.97. The predicted molar refractivity (Wildman–Crippen MR) is 160 cm³/mol. The minimum Gasteiger partial charge on any atom is -0.435 e. The van der Waals surface area contributed by atoms with Crippen LogP contribution in [0.25, 0.3) is 5.57 Å². The number of alkyl halides is 2. The van der Waals surface area contributed by atoms with Crippen molar-refractivity contribution in [1.29, 1.82) is 0 Å². The van der Waals surface area contributed by atoms with E-state index in [1.807, 2.05) is 20.0 Å². The second-order valence-corrected chi connectivity index (χ2v) is 9.98. The van der Waals surface area contributed by atoms with Crippen LogP contribution >= 0.6 is 0 Å². The molecular formula is C33H46F3NO3. The average molecular weight is 562 g/mol. The van der Waals surface area contributed by atoms with Crippen LogP contribution in [-0.2, 0) is 22.5 Å². The van der Waals surface area contributed by atoms with Crippen molar-refractivity contribution in [2.45, 2.75) is 74.5 Å². The van der Waals surface area contributed by atoms with E-state index in [9.17, 15) is 13.2 Å². The molecule has 2 N–H and O–H groups in total. The predicted octanol–water partition coefficient (Wildman–Crippen LogP) is 8.19. The van der Waals surface area contributed by atoms with Crippen LogP contribution in [0.1, 0.15) is 70.2 Å². The van der Waals surface area contributed by atoms with E-state index in [1.54, 1.807) is 26.0 Å². The number of ether oxygens (including phenoxy) is 1. The number of carbonyl (C=O) groups is 1. The zero-order chi connectivity index (χ0) is 30.7. The van der Waals surface area contributed by atoms with Crippen LogP contribution < -0.4 is 5.32 Å². The minimum absolute atomic E-state index is 0.0239. The van der Waals surface area contributed by atoms with Gasteiger partial charge in [0.05, 0.1) is 6.61 Å². The number of allylic oxidation sites excluding steroid dienone is 5. The monoisotopic (exact) mass is 561 g/mol. The summed E-state index contributed by atoms with van der Waals surface area (Å²) in [4.78, 5) is 8.92. The van der Waals surface area contributed by atoms with Gasteiger partial charge in [0.15, 0.2) is 0 Å². The Bertz CT molecular complexity index is 1080. The molecule has 0 fully saturated rings. The number of aldehydes is 1. The molecule has 0 saturated heterocycles. The number of carbonyl (C=O) groups excluding carboxylic acids is 1. The Kier molecular flexibility index (Phi) is 19.1. The van der Waals surface area contributed by atoms with Gasteiger partial charge in [0.25, 0.3) is 0 Å². The number of aliphatic hydroxyl groups is 1. The molecule has 0 amide bonds. The van der Waals surface area contributed by atoms with Gasteiger partial charge in [-0.05, 0) is 98.2 Å². The van der Waals surface area contributed by atoms with Crippen LogP contribution in [0, 0.1) is 18.7 Å². The van der Waals surface area contributed by atoms with E-state index < -0.39 is 12.4 Å². The summed E-state index contributed by atoms with van der Waals surface area (Å²) in [7, 11) is 1.91. The first-order chi connectivity index (χ1) is 18.9. The maximum Gasteiger partial charge on any atom is 0.387 e. The lowest BCUT2D eigenvalue weighted by Gasteiger charge is -2.13. The highest BCUT2D eigenvalue weighted by Crippen LogP contribution is 2.25. The van der Waals surface area contributed by atoms with Gasteiger partial charge in [0.2, 0.25) is 0 Å². The Morgan fingerprint density at radius 3 is 2.02 bits per heavy atom. The molecule has 4 nitrogen and oxygen atoms in total. The van der Waals surface area contributed by atoms with Crippen LogP contribution in [0.2, 0.25) is 0 Å². The summed E-state index contributed by atoms with van der Waals surface area (Å²) >= 11 is 0. The van der Waals surface area contributed by atoms with Crippen LogP contribution in [0.3, 0.4) is 0 Å². The molecule has 0 aliphatic heterocycles. The largest absolute Gasteiger partial charge is 0.435 e. The molecule has 2 rings (SSSR count). The van der Waals surface area contributed by atoms with Gasteiger partial charge in [-0.15, -0.1) is 0 Å². The Morgan fingerprint density at radius 2 is 1.57 bits per heavy atom. The van der Waals surface area contributed by atoms with Crippen molar-refractivity contribution < 1.29 is 27.8 Å². The third-order valence-electron chi connectivity index (χ3n) is 5.45. The van der Waals surface area contributed by atoms with Crippen molar-refractivity contribution in [3.05, 3.63) is 99.6 Å². The first-order valence-corrected chi connectivity index (χ1v) is 13.4. The molecule has 0 aliphatic rings. The van der Waals surface area contributed by atoms with E-state index in [1.165, 1.54) is 17.7 Å². The van der Waals surface area contributed by atoms with E-state index >= 15 is 0 Å². The number of nitrogens with one attached hydrogen (secondary N) is 1. The minimum atomic E-state index is -2.97. The van der Waals surface area contributed by atoms with Gasteiger partial charge >= 0.3 is 6.61 Å². The maximum atomic E-state index is 13.9. The van der Waals surface area contributed by atoms with Crippen LogP contribution in [0.4, 0.5) is 13.2 Å². The Hall–Kier alpha value is -3.16. The zero-order valence-corrected chi connectivity index (χ0v) is 25.2. The van der Waals surface area contributed by atoms with Crippen molar-refractivity contribution in [2.24, 2.45) is 5.92 Å². The molecule has 0 unspecified atom stereocenters. The fourth-order valence-corrected chi connectivity index (χ4v) is 3.40. The molecule has 40 heavy (non-hydrogen) atoms. The smallest absolute Gasteiger partial charge is 0.387 e. The summed E-state index contributed by atoms with van der Waals surface area (Å²) in [6.07, 6.45) is 5.34. The van der Waals surface area contributed by atoms with E-state index in [4.69, 9.17) is 14.6 Å². The summed E-state index contributed by atoms with van der Waals surface area (Å²) in [5.74, 6) is 0.444. The van der Waals surface area contributed by atoms with E-state index in [-0.39, 0.29) is 12.4 Å². The van der Waals surface area contributed by atoms with Crippen LogP contribution in [0.5, 0.6) is 0 Å². The molecule has 0 aromatic heterocycles. The number of rotatable bonds is 11. The number of aryl methyl sites for hydroxylation is 1. The molecule has 0 spiro atoms. The maximum absolute atomic E-state index is 13.9. The van der Waals surface area contributed by atoms with E-state index in [0.717, 1.165) is 35.6 Å². The van der Waals surface area contributed by atoms with Crippen LogP contribution in [0.15, 0.2) is 71.5 Å². The number of benzene rings is 2. The van der Waals surface area contributed by atoms with Crippen molar-refractivity contribution in [3.8, 4) is 0 Å². The Morgan fingerprint density at radius 1 is 1.02 bits per heavy atom. The molecule has 2 aromatic rings. The molecule has 0 saturated carbocycles. The highest BCUT2D eigenvalue weighted by molar-refractivity contribution is 5.68. The molecule has 0 aliphatic carbocycles. The summed E-state index contributed by atoms with van der Waals surface area (Å²) in [6, 6.07) is 12.8. The highest BCUT2D eigenvalue weighted by Gasteiger charge is 2.12. The van der Waals surface area contributed by atoms with Gasteiger partial charge in [-0.3, -0.25) is 0 Å². The van der Waals surface area contributed by atoms with Crippen molar-refractivity contribution >= 4 is 11.9 Å². The zero-order valence-electron chi connectivity index (χ0n) is 25.2. The quantitative estimate of drug-likeness (QED) is 0.165. The summed E-state index contributed by atoms with van der Waals surface area (Å²) in [5, 5.41) is 10.6. The van der Waals surface area contributed by atoms with Crippen LogP contribution in [-0.4, -0.2) is 31.7 Å². The second-order valence-electron chi connectivity index (χ2n) is 9.98. The molecule has 7 heteroatoms.